The van der Waals surface area contributed by atoms with Crippen LogP contribution >= 0.6 is 0 Å². The molecule has 1 aliphatic carbocycles. The summed E-state index contributed by atoms with van der Waals surface area (Å²) in [5.41, 5.74) is 1.08. The van der Waals surface area contributed by atoms with Gasteiger partial charge >= 0.3 is 5.69 Å². The summed E-state index contributed by atoms with van der Waals surface area (Å²) in [5, 5.41) is 0.279. The summed E-state index contributed by atoms with van der Waals surface area (Å²) in [6.45, 7) is 3.65. The Bertz CT molecular complexity index is 1180. The summed E-state index contributed by atoms with van der Waals surface area (Å²) in [4.78, 5) is 44.1. The van der Waals surface area contributed by atoms with E-state index in [1.165, 1.54) is 22.9 Å². The number of hydrogen-bond donors (Lipinski definition) is 1. The zero-order chi connectivity index (χ0) is 19.3. The van der Waals surface area contributed by atoms with E-state index in [1.807, 2.05) is 13.8 Å². The molecule has 0 radical (unpaired) electrons. The summed E-state index contributed by atoms with van der Waals surface area (Å²) in [6.07, 6.45) is 2.18. The van der Waals surface area contributed by atoms with Gasteiger partial charge in [-0.2, -0.15) is 0 Å². The summed E-state index contributed by atoms with van der Waals surface area (Å²) in [7, 11) is 0. The van der Waals surface area contributed by atoms with Crippen molar-refractivity contribution in [1.29, 1.82) is 0 Å². The van der Waals surface area contributed by atoms with Crippen molar-refractivity contribution in [1.82, 2.24) is 14.5 Å². The maximum Gasteiger partial charge on any atom is 0.330 e. The quantitative estimate of drug-likeness (QED) is 0.755. The van der Waals surface area contributed by atoms with E-state index in [0.29, 0.717) is 17.5 Å². The fourth-order valence-electron chi connectivity index (χ4n) is 3.83. The van der Waals surface area contributed by atoms with Crippen LogP contribution in [-0.4, -0.2) is 20.3 Å². The van der Waals surface area contributed by atoms with Crippen LogP contribution in [0.4, 0.5) is 4.39 Å². The van der Waals surface area contributed by atoms with Crippen LogP contribution in [-0.2, 0) is 6.42 Å². The Morgan fingerprint density at radius 2 is 1.85 bits per heavy atom. The van der Waals surface area contributed by atoms with E-state index >= 15 is 0 Å². The monoisotopic (exact) mass is 367 g/mol. The van der Waals surface area contributed by atoms with Gasteiger partial charge in [-0.25, -0.2) is 14.2 Å². The first kappa shape index (κ1) is 17.3. The lowest BCUT2D eigenvalue weighted by molar-refractivity contribution is 0.0964. The Balaban J connectivity index is 1.95. The van der Waals surface area contributed by atoms with Crippen molar-refractivity contribution in [2.75, 3.05) is 0 Å². The summed E-state index contributed by atoms with van der Waals surface area (Å²) in [5.74, 6) is -0.606. The second-order valence-corrected chi connectivity index (χ2v) is 7.15. The highest BCUT2D eigenvalue weighted by atomic mass is 19.1. The zero-order valence-electron chi connectivity index (χ0n) is 15.0. The minimum absolute atomic E-state index is 0.110. The minimum Gasteiger partial charge on any atom is -0.294 e. The van der Waals surface area contributed by atoms with Crippen LogP contribution in [0.2, 0.25) is 0 Å². The van der Waals surface area contributed by atoms with E-state index in [0.717, 1.165) is 5.56 Å². The zero-order valence-corrected chi connectivity index (χ0v) is 15.0. The molecule has 0 saturated carbocycles. The number of hydrogen-bond acceptors (Lipinski definition) is 4. The van der Waals surface area contributed by atoms with Crippen molar-refractivity contribution in [3.05, 3.63) is 73.8 Å². The molecule has 6 nitrogen and oxygen atoms in total. The molecule has 0 unspecified atom stereocenters. The lowest BCUT2D eigenvalue weighted by Crippen LogP contribution is -2.33. The molecule has 138 valence electrons. The van der Waals surface area contributed by atoms with E-state index in [4.69, 9.17) is 0 Å². The highest BCUT2D eigenvalue weighted by Gasteiger charge is 2.30. The summed E-state index contributed by atoms with van der Waals surface area (Å²) >= 11 is 0. The predicted octanol–water partition coefficient (Wildman–Crippen LogP) is 2.72. The maximum atomic E-state index is 13.2. The van der Waals surface area contributed by atoms with Crippen LogP contribution in [0, 0.1) is 5.82 Å². The number of nitrogens with one attached hydrogen (secondary N) is 1. The number of halogens is 1. The third kappa shape index (κ3) is 2.79. The van der Waals surface area contributed by atoms with Gasteiger partial charge in [-0.05, 0) is 49.4 Å². The van der Waals surface area contributed by atoms with Crippen molar-refractivity contribution in [2.24, 2.45) is 0 Å². The van der Waals surface area contributed by atoms with Gasteiger partial charge in [0.2, 0.25) is 0 Å². The van der Waals surface area contributed by atoms with Crippen LogP contribution < -0.4 is 11.2 Å². The first-order valence-electron chi connectivity index (χ1n) is 8.82. The molecule has 27 heavy (non-hydrogen) atoms. The first-order chi connectivity index (χ1) is 12.9. The second-order valence-electron chi connectivity index (χ2n) is 7.15. The van der Waals surface area contributed by atoms with Crippen molar-refractivity contribution in [3.8, 4) is 0 Å². The molecule has 0 bridgehead atoms. The topological polar surface area (TPSA) is 84.8 Å². The Morgan fingerprint density at radius 1 is 1.15 bits per heavy atom. The van der Waals surface area contributed by atoms with Gasteiger partial charge in [-0.15, -0.1) is 0 Å². The molecule has 2 aromatic heterocycles. The van der Waals surface area contributed by atoms with Crippen molar-refractivity contribution in [3.63, 3.8) is 0 Å². The molecule has 1 atom stereocenters. The van der Waals surface area contributed by atoms with Crippen molar-refractivity contribution < 1.29 is 9.18 Å². The van der Waals surface area contributed by atoms with E-state index in [-0.39, 0.29) is 41.0 Å². The van der Waals surface area contributed by atoms with Gasteiger partial charge in [0.05, 0.1) is 5.39 Å². The number of aromatic nitrogens is 3. The van der Waals surface area contributed by atoms with Gasteiger partial charge in [0.1, 0.15) is 11.5 Å². The Labute approximate surface area is 153 Å². The van der Waals surface area contributed by atoms with E-state index in [1.54, 1.807) is 12.1 Å². The minimum atomic E-state index is -0.538. The molecule has 2 heterocycles. The first-order valence-corrected chi connectivity index (χ1v) is 8.82. The Morgan fingerprint density at radius 3 is 2.52 bits per heavy atom. The van der Waals surface area contributed by atoms with Crippen LogP contribution in [0.1, 0.15) is 53.7 Å². The number of carbonyl (C=O) groups excluding carboxylic acids is 1. The molecular formula is C20H18FN3O3. The molecule has 4 rings (SSSR count). The molecular weight excluding hydrogens is 349 g/mol. The highest BCUT2D eigenvalue weighted by molar-refractivity contribution is 6.02. The highest BCUT2D eigenvalue weighted by Crippen LogP contribution is 2.34. The van der Waals surface area contributed by atoms with Crippen LogP contribution in [0.5, 0.6) is 0 Å². The third-order valence-corrected chi connectivity index (χ3v) is 5.10. The number of aromatic amines is 1. The van der Waals surface area contributed by atoms with E-state index in [9.17, 15) is 18.8 Å². The van der Waals surface area contributed by atoms with Crippen molar-refractivity contribution >= 4 is 16.8 Å². The van der Waals surface area contributed by atoms with Crippen LogP contribution in [0.3, 0.4) is 0 Å². The molecule has 1 N–H and O–H groups in total. The van der Waals surface area contributed by atoms with Gasteiger partial charge in [-0.3, -0.25) is 19.1 Å². The number of H-pyrrole nitrogens is 1. The van der Waals surface area contributed by atoms with E-state index < -0.39 is 11.2 Å². The smallest absolute Gasteiger partial charge is 0.294 e. The number of benzene rings is 1. The van der Waals surface area contributed by atoms with Crippen LogP contribution in [0.15, 0.2) is 40.1 Å². The number of nitrogens with zero attached hydrogens (tertiary/aromatic N) is 2. The van der Waals surface area contributed by atoms with Gasteiger partial charge in [0.15, 0.2) is 5.78 Å². The lowest BCUT2D eigenvalue weighted by Gasteiger charge is -2.25. The number of ketones is 1. The number of fused-ring (bicyclic) bond motifs is 3. The van der Waals surface area contributed by atoms with Gasteiger partial charge in [-0.1, -0.05) is 12.1 Å². The molecule has 3 aromatic rings. The standard InChI is InChI=1S/C20H18FN3O3/c1-10(2)24-18-17(19(26)23-20(24)27)14-7-12(8-16(25)15(14)9-22-18)11-3-5-13(21)6-4-11/h3-6,9-10,12H,7-8H2,1-2H3,(H,23,26,27)/t12-/m0/s1. The van der Waals surface area contributed by atoms with Gasteiger partial charge in [0, 0.05) is 24.2 Å². The molecule has 0 saturated heterocycles. The molecule has 0 spiro atoms. The number of Topliss-reactive ketones (excluding diaryl/α,β-unsaturated/α-hetero) is 1. The fraction of sp³-hybridized carbons (Fsp3) is 0.300. The molecule has 0 fully saturated rings. The molecule has 1 aliphatic rings. The molecule has 0 amide bonds. The Hall–Kier alpha value is -3.09. The number of pyridine rings is 1. The maximum absolute atomic E-state index is 13.2. The SMILES string of the molecule is CC(C)n1c(=O)[nH]c(=O)c2c3c(cnc21)C(=O)C[C@@H](c1ccc(F)cc1)C3. The molecule has 7 heteroatoms. The van der Waals surface area contributed by atoms with Gasteiger partial charge in [0.25, 0.3) is 5.56 Å². The normalized spacial score (nSPS) is 16.7. The second kappa shape index (κ2) is 6.26. The lowest BCUT2D eigenvalue weighted by atomic mass is 9.79. The van der Waals surface area contributed by atoms with E-state index in [2.05, 4.69) is 9.97 Å². The largest absolute Gasteiger partial charge is 0.330 e. The average Bonchev–Trinajstić information content (AvgIpc) is 2.61. The average molecular weight is 367 g/mol. The summed E-state index contributed by atoms with van der Waals surface area (Å²) in [6, 6.07) is 5.85. The van der Waals surface area contributed by atoms with Crippen molar-refractivity contribution in [2.45, 2.75) is 38.6 Å². The fourth-order valence-corrected chi connectivity index (χ4v) is 3.83. The van der Waals surface area contributed by atoms with Crippen LogP contribution in [0.25, 0.3) is 11.0 Å². The number of carbonyl (C=O) groups is 1. The molecule has 1 aromatic carbocycles. The molecule has 0 aliphatic heterocycles. The number of rotatable bonds is 2. The summed E-state index contributed by atoms with van der Waals surface area (Å²) < 4.78 is 14.7. The van der Waals surface area contributed by atoms with Gasteiger partial charge < -0.3 is 0 Å². The third-order valence-electron chi connectivity index (χ3n) is 5.10. The Kier molecular flexibility index (Phi) is 4.02. The predicted molar refractivity (Wildman–Crippen MR) is 98.8 cm³/mol.